The molecule has 1 fully saturated rings. The van der Waals surface area contributed by atoms with Gasteiger partial charge in [-0.1, -0.05) is 13.0 Å². The quantitative estimate of drug-likeness (QED) is 0.797. The minimum Gasteiger partial charge on any atom is -0.393 e. The maximum Gasteiger partial charge on any atom is 0.240 e. The minimum atomic E-state index is -3.57. The first-order valence-electron chi connectivity index (χ1n) is 8.80. The van der Waals surface area contributed by atoms with Gasteiger partial charge in [-0.3, -0.25) is 4.79 Å². The number of benzene rings is 1. The molecule has 0 aromatic heterocycles. The second kappa shape index (κ2) is 6.70. The molecule has 1 amide bonds. The maximum absolute atomic E-state index is 12.5. The van der Waals surface area contributed by atoms with Gasteiger partial charge in [0.2, 0.25) is 15.9 Å². The average molecular weight is 366 g/mol. The van der Waals surface area contributed by atoms with E-state index in [0.717, 1.165) is 24.0 Å². The number of nitrogens with one attached hydrogen (secondary N) is 1. The second-order valence-electron chi connectivity index (χ2n) is 7.50. The van der Waals surface area contributed by atoms with Gasteiger partial charge in [-0.15, -0.1) is 0 Å². The maximum atomic E-state index is 12.5. The molecule has 0 bridgehead atoms. The Balaban J connectivity index is 1.70. The van der Waals surface area contributed by atoms with Crippen molar-refractivity contribution in [2.24, 2.45) is 5.41 Å². The molecule has 2 aliphatic rings. The lowest BCUT2D eigenvalue weighted by molar-refractivity contribution is -0.137. The van der Waals surface area contributed by atoms with E-state index in [-0.39, 0.29) is 22.8 Å². The number of amides is 1. The van der Waals surface area contributed by atoms with E-state index in [9.17, 15) is 18.3 Å². The summed E-state index contributed by atoms with van der Waals surface area (Å²) in [5.74, 6) is 0.217. The monoisotopic (exact) mass is 366 g/mol. The van der Waals surface area contributed by atoms with Gasteiger partial charge in [0.1, 0.15) is 0 Å². The third-order valence-electron chi connectivity index (χ3n) is 5.16. The van der Waals surface area contributed by atoms with Gasteiger partial charge >= 0.3 is 0 Å². The van der Waals surface area contributed by atoms with Crippen LogP contribution >= 0.6 is 0 Å². The van der Waals surface area contributed by atoms with Gasteiger partial charge in [0, 0.05) is 25.0 Å². The fraction of sp³-hybridized carbons (Fsp3) is 0.611. The molecule has 0 saturated heterocycles. The van der Waals surface area contributed by atoms with Crippen LogP contribution in [0.3, 0.4) is 0 Å². The van der Waals surface area contributed by atoms with Crippen molar-refractivity contribution in [3.8, 4) is 0 Å². The molecule has 1 heterocycles. The summed E-state index contributed by atoms with van der Waals surface area (Å²) in [5, 5.41) is 9.24. The van der Waals surface area contributed by atoms with Gasteiger partial charge in [0.25, 0.3) is 0 Å². The summed E-state index contributed by atoms with van der Waals surface area (Å²) in [6.45, 7) is 5.04. The van der Waals surface area contributed by atoms with Crippen molar-refractivity contribution in [3.63, 3.8) is 0 Å². The number of nitrogens with zero attached hydrogens (tertiary/aromatic N) is 1. The topological polar surface area (TPSA) is 86.7 Å². The molecule has 1 saturated carbocycles. The van der Waals surface area contributed by atoms with Crippen molar-refractivity contribution in [2.45, 2.75) is 57.1 Å². The number of aliphatic hydroxyl groups is 1. The van der Waals surface area contributed by atoms with Crippen molar-refractivity contribution < 1.29 is 18.3 Å². The van der Waals surface area contributed by atoms with E-state index in [1.54, 1.807) is 19.1 Å². The largest absolute Gasteiger partial charge is 0.393 e. The van der Waals surface area contributed by atoms with E-state index in [0.29, 0.717) is 25.9 Å². The first-order valence-corrected chi connectivity index (χ1v) is 10.3. The molecule has 7 heteroatoms. The number of fused-ring (bicyclic) bond motifs is 1. The van der Waals surface area contributed by atoms with Crippen molar-refractivity contribution in [1.82, 2.24) is 9.62 Å². The van der Waals surface area contributed by atoms with Crippen molar-refractivity contribution in [1.29, 1.82) is 0 Å². The zero-order chi connectivity index (χ0) is 18.2. The van der Waals surface area contributed by atoms with Gasteiger partial charge < -0.3 is 10.0 Å². The number of carbonyl (C=O) groups excluding carboxylic acids is 1. The number of sulfonamides is 1. The number of hydrogen-bond acceptors (Lipinski definition) is 4. The second-order valence-corrected chi connectivity index (χ2v) is 9.27. The molecule has 1 aromatic carbocycles. The summed E-state index contributed by atoms with van der Waals surface area (Å²) in [6.07, 6.45) is 2.44. The van der Waals surface area contributed by atoms with Crippen LogP contribution in [0.4, 0.5) is 0 Å². The summed E-state index contributed by atoms with van der Waals surface area (Å²) in [5.41, 5.74) is 1.84. The number of rotatable bonds is 6. The van der Waals surface area contributed by atoms with Gasteiger partial charge in [-0.05, 0) is 55.9 Å². The average Bonchev–Trinajstić information content (AvgIpc) is 3.31. The summed E-state index contributed by atoms with van der Waals surface area (Å²) < 4.78 is 27.2. The summed E-state index contributed by atoms with van der Waals surface area (Å²) in [7, 11) is -3.57. The Morgan fingerprint density at radius 1 is 1.36 bits per heavy atom. The highest BCUT2D eigenvalue weighted by Gasteiger charge is 2.47. The molecule has 6 nitrogen and oxygen atoms in total. The molecule has 1 aliphatic heterocycles. The Bertz CT molecular complexity index is 769. The Kier molecular flexibility index (Phi) is 4.92. The van der Waals surface area contributed by atoms with Gasteiger partial charge in [-0.25, -0.2) is 13.1 Å². The van der Waals surface area contributed by atoms with Crippen LogP contribution in [0.5, 0.6) is 0 Å². The summed E-state index contributed by atoms with van der Waals surface area (Å²) in [4.78, 5) is 14.6. The molecule has 3 rings (SSSR count). The van der Waals surface area contributed by atoms with Crippen LogP contribution < -0.4 is 4.72 Å². The predicted octanol–water partition coefficient (Wildman–Crippen LogP) is 1.42. The number of aliphatic hydroxyl groups excluding tert-OH is 1. The van der Waals surface area contributed by atoms with Crippen LogP contribution in [0.25, 0.3) is 0 Å². The van der Waals surface area contributed by atoms with Gasteiger partial charge in [0.15, 0.2) is 0 Å². The lowest BCUT2D eigenvalue weighted by atomic mass is 9.98. The van der Waals surface area contributed by atoms with Crippen LogP contribution in [0.1, 0.15) is 44.2 Å². The third-order valence-corrected chi connectivity index (χ3v) is 6.62. The molecule has 1 aromatic rings. The zero-order valence-electron chi connectivity index (χ0n) is 14.8. The SMILES string of the molecule is CC(O)CCNS(=O)(=O)c1ccc2c(c1)CCN(C(=O)C1(C)CC1)C2. The normalized spacial score (nSPS) is 20.0. The molecular formula is C18H26N2O4S. The van der Waals surface area contributed by atoms with Crippen LogP contribution in [0.15, 0.2) is 23.1 Å². The molecule has 138 valence electrons. The Morgan fingerprint density at radius 2 is 2.08 bits per heavy atom. The van der Waals surface area contributed by atoms with Crippen LogP contribution in [-0.4, -0.2) is 43.5 Å². The van der Waals surface area contributed by atoms with Crippen molar-refractivity contribution in [3.05, 3.63) is 29.3 Å². The molecule has 2 N–H and O–H groups in total. The molecule has 1 unspecified atom stereocenters. The smallest absolute Gasteiger partial charge is 0.240 e. The van der Waals surface area contributed by atoms with Gasteiger partial charge in [-0.2, -0.15) is 0 Å². The van der Waals surface area contributed by atoms with Crippen molar-refractivity contribution >= 4 is 15.9 Å². The van der Waals surface area contributed by atoms with Gasteiger partial charge in [0.05, 0.1) is 11.0 Å². The minimum absolute atomic E-state index is 0.172. The highest BCUT2D eigenvalue weighted by atomic mass is 32.2. The summed E-state index contributed by atoms with van der Waals surface area (Å²) in [6, 6.07) is 5.12. The Labute approximate surface area is 149 Å². The highest BCUT2D eigenvalue weighted by Crippen LogP contribution is 2.47. The number of carbonyl (C=O) groups is 1. The highest BCUT2D eigenvalue weighted by molar-refractivity contribution is 7.89. The molecule has 1 aliphatic carbocycles. The molecule has 1 atom stereocenters. The van der Waals surface area contributed by atoms with E-state index in [1.807, 2.05) is 17.9 Å². The Morgan fingerprint density at radius 3 is 2.72 bits per heavy atom. The van der Waals surface area contributed by atoms with Crippen molar-refractivity contribution in [2.75, 3.05) is 13.1 Å². The number of hydrogen-bond donors (Lipinski definition) is 2. The lowest BCUT2D eigenvalue weighted by Gasteiger charge is -2.31. The van der Waals surface area contributed by atoms with Crippen LogP contribution in [-0.2, 0) is 27.8 Å². The third kappa shape index (κ3) is 4.04. The molecule has 0 spiro atoms. The fourth-order valence-corrected chi connectivity index (χ4v) is 4.24. The molecular weight excluding hydrogens is 340 g/mol. The standard InChI is InChI=1S/C18H26N2O4S/c1-13(21)5-9-19-25(23,24)16-4-3-15-12-20(10-6-14(15)11-16)17(22)18(2)7-8-18/h3-4,11,13,19,21H,5-10,12H2,1-2H3. The Hall–Kier alpha value is -1.44. The van der Waals surface area contributed by atoms with E-state index in [4.69, 9.17) is 0 Å². The predicted molar refractivity (Wildman–Crippen MR) is 94.4 cm³/mol. The molecule has 0 radical (unpaired) electrons. The van der Waals surface area contributed by atoms with E-state index in [2.05, 4.69) is 4.72 Å². The fourth-order valence-electron chi connectivity index (χ4n) is 3.14. The van der Waals surface area contributed by atoms with Crippen LogP contribution in [0, 0.1) is 5.41 Å². The summed E-state index contributed by atoms with van der Waals surface area (Å²) >= 11 is 0. The molecule has 25 heavy (non-hydrogen) atoms. The van der Waals surface area contributed by atoms with Crippen LogP contribution in [0.2, 0.25) is 0 Å². The first-order chi connectivity index (χ1) is 11.7. The van der Waals surface area contributed by atoms with E-state index in [1.165, 1.54) is 0 Å². The first kappa shape index (κ1) is 18.4. The van der Waals surface area contributed by atoms with E-state index >= 15 is 0 Å². The van der Waals surface area contributed by atoms with E-state index < -0.39 is 16.1 Å². The zero-order valence-corrected chi connectivity index (χ0v) is 15.6. The lowest BCUT2D eigenvalue weighted by Crippen LogP contribution is -2.39.